The van der Waals surface area contributed by atoms with Crippen molar-refractivity contribution in [3.05, 3.63) is 23.2 Å². The van der Waals surface area contributed by atoms with Gasteiger partial charge in [-0.3, -0.25) is 4.79 Å². The number of nitrogens with one attached hydrogen (secondary N) is 2. The van der Waals surface area contributed by atoms with E-state index in [4.69, 9.17) is 11.6 Å². The first-order valence-electron chi connectivity index (χ1n) is 8.05. The number of hydrogen-bond acceptors (Lipinski definition) is 3. The van der Waals surface area contributed by atoms with Crippen molar-refractivity contribution in [1.29, 1.82) is 0 Å². The van der Waals surface area contributed by atoms with Crippen LogP contribution in [0.4, 0.5) is 5.69 Å². The van der Waals surface area contributed by atoms with Gasteiger partial charge in [0.2, 0.25) is 10.0 Å². The van der Waals surface area contributed by atoms with Gasteiger partial charge in [0.15, 0.2) is 6.54 Å². The summed E-state index contributed by atoms with van der Waals surface area (Å²) >= 11 is 6.11. The lowest BCUT2D eigenvalue weighted by Gasteiger charge is -2.27. The lowest BCUT2D eigenvalue weighted by Crippen LogP contribution is -3.14. The normalized spacial score (nSPS) is 21.7. The van der Waals surface area contributed by atoms with Gasteiger partial charge in [-0.05, 0) is 31.0 Å². The average Bonchev–Trinajstić information content (AvgIpc) is 2.49. The Hall–Kier alpha value is -1.15. The Morgan fingerprint density at radius 1 is 1.42 bits per heavy atom. The third kappa shape index (κ3) is 4.69. The van der Waals surface area contributed by atoms with E-state index in [-0.39, 0.29) is 10.8 Å². The molecule has 1 amide bonds. The molecule has 1 unspecified atom stereocenters. The van der Waals surface area contributed by atoms with Crippen molar-refractivity contribution in [3.63, 3.8) is 0 Å². The molecule has 0 radical (unpaired) electrons. The molecule has 6 nitrogen and oxygen atoms in total. The molecular formula is C16H25ClN3O3S+. The fraction of sp³-hybridized carbons (Fsp3) is 0.562. The van der Waals surface area contributed by atoms with Gasteiger partial charge in [0.25, 0.3) is 5.91 Å². The zero-order chi connectivity index (χ0) is 17.9. The molecule has 1 aliphatic rings. The lowest BCUT2D eigenvalue weighted by molar-refractivity contribution is -0.900. The second-order valence-electron chi connectivity index (χ2n) is 6.61. The van der Waals surface area contributed by atoms with E-state index in [9.17, 15) is 13.2 Å². The van der Waals surface area contributed by atoms with Crippen molar-refractivity contribution in [3.8, 4) is 0 Å². The van der Waals surface area contributed by atoms with E-state index in [1.54, 1.807) is 0 Å². The van der Waals surface area contributed by atoms with Crippen LogP contribution in [0.25, 0.3) is 0 Å². The van der Waals surface area contributed by atoms with Crippen molar-refractivity contribution in [2.75, 3.05) is 39.0 Å². The molecule has 2 atom stereocenters. The molecule has 0 aliphatic carbocycles. The van der Waals surface area contributed by atoms with E-state index in [0.29, 0.717) is 23.2 Å². The second-order valence-corrected chi connectivity index (χ2v) is 9.16. The molecule has 24 heavy (non-hydrogen) atoms. The maximum Gasteiger partial charge on any atom is 0.279 e. The number of amides is 1. The Kier molecular flexibility index (Phi) is 6.25. The highest BCUT2D eigenvalue weighted by atomic mass is 35.5. The van der Waals surface area contributed by atoms with Gasteiger partial charge >= 0.3 is 0 Å². The molecule has 1 aromatic carbocycles. The predicted octanol–water partition coefficient (Wildman–Crippen LogP) is 0.844. The molecule has 0 aromatic heterocycles. The van der Waals surface area contributed by atoms with Crippen LogP contribution >= 0.6 is 11.6 Å². The Labute approximate surface area is 148 Å². The van der Waals surface area contributed by atoms with E-state index in [2.05, 4.69) is 12.2 Å². The number of benzene rings is 1. The number of piperidine rings is 1. The maximum atomic E-state index is 12.3. The average molecular weight is 375 g/mol. The molecule has 8 heteroatoms. The zero-order valence-electron chi connectivity index (χ0n) is 14.3. The Morgan fingerprint density at radius 3 is 2.75 bits per heavy atom. The molecule has 1 saturated heterocycles. The minimum absolute atomic E-state index is 0.103. The van der Waals surface area contributed by atoms with Crippen LogP contribution < -0.4 is 10.2 Å². The first kappa shape index (κ1) is 19.2. The maximum absolute atomic E-state index is 12.3. The molecule has 1 aliphatic heterocycles. The number of carbonyl (C=O) groups is 1. The number of carbonyl (C=O) groups excluding carboxylic acids is 1. The summed E-state index contributed by atoms with van der Waals surface area (Å²) < 4.78 is 25.5. The highest BCUT2D eigenvalue weighted by Crippen LogP contribution is 2.26. The van der Waals surface area contributed by atoms with E-state index >= 15 is 0 Å². The Balaban J connectivity index is 2.10. The molecule has 1 fully saturated rings. The smallest absolute Gasteiger partial charge is 0.279 e. The van der Waals surface area contributed by atoms with Gasteiger partial charge in [-0.1, -0.05) is 18.5 Å². The Morgan fingerprint density at radius 2 is 2.12 bits per heavy atom. The number of rotatable bonds is 5. The van der Waals surface area contributed by atoms with Crippen molar-refractivity contribution < 1.29 is 18.1 Å². The molecule has 0 saturated carbocycles. The van der Waals surface area contributed by atoms with Crippen molar-refractivity contribution in [2.45, 2.75) is 24.7 Å². The first-order valence-corrected chi connectivity index (χ1v) is 9.87. The van der Waals surface area contributed by atoms with Crippen LogP contribution in [0.2, 0.25) is 5.02 Å². The molecule has 1 aromatic rings. The number of anilines is 1. The van der Waals surface area contributed by atoms with Crippen LogP contribution in [0.5, 0.6) is 0 Å². The number of quaternary nitrogens is 1. The van der Waals surface area contributed by atoms with Crippen LogP contribution in [-0.2, 0) is 14.8 Å². The lowest BCUT2D eigenvalue weighted by atomic mass is 10.0. The zero-order valence-corrected chi connectivity index (χ0v) is 15.9. The molecule has 0 bridgehead atoms. The van der Waals surface area contributed by atoms with Gasteiger partial charge in [-0.2, -0.15) is 0 Å². The molecule has 0 spiro atoms. The summed E-state index contributed by atoms with van der Waals surface area (Å²) in [5.41, 5.74) is 0.328. The SMILES string of the molecule is C[C@H]1CCC[NH+](CC(=O)Nc2cc(S(=O)(=O)N(C)C)ccc2Cl)C1. The minimum Gasteiger partial charge on any atom is -0.327 e. The van der Waals surface area contributed by atoms with Gasteiger partial charge in [0, 0.05) is 20.0 Å². The standard InChI is InChI=1S/C16H24ClN3O3S/c1-12-5-4-8-20(10-12)11-16(21)18-15-9-13(6-7-14(15)17)24(22,23)19(2)3/h6-7,9,12H,4-5,8,10-11H2,1-3H3,(H,18,21)/p+1/t12-/m0/s1. The van der Waals surface area contributed by atoms with Crippen LogP contribution in [0.15, 0.2) is 23.1 Å². The number of likely N-dealkylation sites (tertiary alicyclic amines) is 1. The Bertz CT molecular complexity index is 707. The topological polar surface area (TPSA) is 70.9 Å². The van der Waals surface area contributed by atoms with E-state index < -0.39 is 10.0 Å². The summed E-state index contributed by atoms with van der Waals surface area (Å²) in [7, 11) is -0.645. The van der Waals surface area contributed by atoms with E-state index in [1.165, 1.54) is 43.6 Å². The fourth-order valence-corrected chi connectivity index (χ4v) is 4.04. The highest BCUT2D eigenvalue weighted by Gasteiger charge is 2.23. The molecular weight excluding hydrogens is 350 g/mol. The van der Waals surface area contributed by atoms with Gasteiger partial charge in [-0.25, -0.2) is 12.7 Å². The van der Waals surface area contributed by atoms with Gasteiger partial charge < -0.3 is 10.2 Å². The van der Waals surface area contributed by atoms with E-state index in [0.717, 1.165) is 23.8 Å². The molecule has 134 valence electrons. The highest BCUT2D eigenvalue weighted by molar-refractivity contribution is 7.89. The van der Waals surface area contributed by atoms with Crippen molar-refractivity contribution >= 4 is 33.2 Å². The quantitative estimate of drug-likeness (QED) is 0.802. The largest absolute Gasteiger partial charge is 0.327 e. The summed E-state index contributed by atoms with van der Waals surface area (Å²) in [4.78, 5) is 13.6. The summed E-state index contributed by atoms with van der Waals surface area (Å²) in [6.07, 6.45) is 2.34. The summed E-state index contributed by atoms with van der Waals surface area (Å²) in [6, 6.07) is 4.33. The first-order chi connectivity index (χ1) is 11.2. The van der Waals surface area contributed by atoms with Crippen LogP contribution in [0, 0.1) is 5.92 Å². The monoisotopic (exact) mass is 374 g/mol. The van der Waals surface area contributed by atoms with Gasteiger partial charge in [0.1, 0.15) is 0 Å². The van der Waals surface area contributed by atoms with Crippen LogP contribution in [-0.4, -0.2) is 52.4 Å². The molecule has 1 heterocycles. The third-order valence-electron chi connectivity index (χ3n) is 4.27. The van der Waals surface area contributed by atoms with Crippen molar-refractivity contribution in [2.24, 2.45) is 5.92 Å². The number of halogens is 1. The molecule has 2 N–H and O–H groups in total. The summed E-state index contributed by atoms with van der Waals surface area (Å²) in [5.74, 6) is 0.471. The summed E-state index contributed by atoms with van der Waals surface area (Å²) in [5, 5.41) is 3.07. The van der Waals surface area contributed by atoms with Crippen LogP contribution in [0.1, 0.15) is 19.8 Å². The predicted molar refractivity (Wildman–Crippen MR) is 94.9 cm³/mol. The minimum atomic E-state index is -3.57. The summed E-state index contributed by atoms with van der Waals surface area (Å²) in [6.45, 7) is 4.53. The number of hydrogen-bond donors (Lipinski definition) is 2. The number of sulfonamides is 1. The van der Waals surface area contributed by atoms with Crippen molar-refractivity contribution in [1.82, 2.24) is 4.31 Å². The fourth-order valence-electron chi connectivity index (χ4n) is 2.95. The second kappa shape index (κ2) is 7.82. The van der Waals surface area contributed by atoms with Crippen LogP contribution in [0.3, 0.4) is 0 Å². The number of nitrogens with zero attached hydrogens (tertiary/aromatic N) is 1. The van der Waals surface area contributed by atoms with Gasteiger partial charge in [0.05, 0.1) is 28.7 Å². The molecule has 2 rings (SSSR count). The van der Waals surface area contributed by atoms with Gasteiger partial charge in [-0.15, -0.1) is 0 Å². The third-order valence-corrected chi connectivity index (χ3v) is 6.41. The van der Waals surface area contributed by atoms with E-state index in [1.807, 2.05) is 0 Å².